The molecule has 0 spiro atoms. The lowest BCUT2D eigenvalue weighted by Gasteiger charge is -2.31. The molecule has 1 aliphatic rings. The second kappa shape index (κ2) is 26.0. The van der Waals surface area contributed by atoms with E-state index in [4.69, 9.17) is 35.2 Å². The van der Waals surface area contributed by atoms with Gasteiger partial charge in [-0.25, -0.2) is 0 Å². The van der Waals surface area contributed by atoms with Gasteiger partial charge in [-0.15, -0.1) is 0 Å². The number of carbonyl (C=O) groups excluding carboxylic acids is 3. The fourth-order valence-electron chi connectivity index (χ4n) is 6.32. The Bertz CT molecular complexity index is 1680. The number of carboxylic acids is 1. The number of carboxylic acid groups (broad SMARTS) is 1. The first-order valence-corrected chi connectivity index (χ1v) is 19.5. The van der Waals surface area contributed by atoms with Crippen molar-refractivity contribution in [2.45, 2.75) is 58.5 Å². The third kappa shape index (κ3) is 17.3. The zero-order valence-electron chi connectivity index (χ0n) is 33.3. The first-order valence-electron chi connectivity index (χ1n) is 19.5. The number of aliphatic imine (C=N–C) groups is 1. The molecule has 16 nitrogen and oxygen atoms in total. The van der Waals surface area contributed by atoms with Crippen LogP contribution in [-0.4, -0.2) is 119 Å². The summed E-state index contributed by atoms with van der Waals surface area (Å²) in [5, 5.41) is 19.6. The number of amides is 3. The average Bonchev–Trinajstić information content (AvgIpc) is 3.17. The fraction of sp³-hybridized carbons (Fsp3) is 0.537. The van der Waals surface area contributed by atoms with Crippen LogP contribution < -0.4 is 32.2 Å². The fourth-order valence-corrected chi connectivity index (χ4v) is 6.32. The maximum atomic E-state index is 13.0. The molecule has 0 fully saturated rings. The van der Waals surface area contributed by atoms with E-state index in [-0.39, 0.29) is 37.2 Å². The molecule has 16 heteroatoms. The van der Waals surface area contributed by atoms with Crippen LogP contribution in [0.4, 0.5) is 0 Å². The minimum absolute atomic E-state index is 0.0798. The van der Waals surface area contributed by atoms with Gasteiger partial charge >= 0.3 is 5.97 Å². The van der Waals surface area contributed by atoms with E-state index in [0.717, 1.165) is 40.7 Å². The van der Waals surface area contributed by atoms with Crippen LogP contribution >= 0.6 is 0 Å². The number of aliphatic carboxylic acids is 1. The van der Waals surface area contributed by atoms with Gasteiger partial charge in [0.25, 0.3) is 0 Å². The van der Waals surface area contributed by atoms with Gasteiger partial charge in [0.2, 0.25) is 17.7 Å². The van der Waals surface area contributed by atoms with Gasteiger partial charge in [-0.2, -0.15) is 0 Å². The minimum atomic E-state index is -1.07. The molecule has 3 amide bonds. The molecule has 0 aliphatic heterocycles. The van der Waals surface area contributed by atoms with Crippen LogP contribution in [0.2, 0.25) is 0 Å². The number of carbonyl (C=O) groups is 4. The number of hydrogen-bond donors (Lipinski definition) is 6. The van der Waals surface area contributed by atoms with Gasteiger partial charge in [0.1, 0.15) is 18.4 Å². The lowest BCUT2D eigenvalue weighted by atomic mass is 9.79. The van der Waals surface area contributed by atoms with Crippen molar-refractivity contribution in [2.24, 2.45) is 28.3 Å². The van der Waals surface area contributed by atoms with E-state index in [1.54, 1.807) is 0 Å². The van der Waals surface area contributed by atoms with Crippen molar-refractivity contribution in [3.8, 4) is 5.75 Å². The molecular formula is C41H60N6O10. The standard InChI is InChI=1S/C41H60N6O10/c1-4-16-53-17-18-54-19-20-55-21-22-56-23-24-57-37-14-13-32(33-8-5-6-9-34(33)37)30-11-12-31(28(2)25-30)36(26-39(50)51)47-38(49)27-45-40(52)35(46-29(3)48)10-7-15-44-41(42)43/h5-6,8-9,11-14,25,28,31,35-36H,4,7,10,15-24,26-27H2,1-3H3,(H,45,52)(H,46,48)(H,47,49)(H,50,51)(H4,42,43,44)/t28?,31?,35-,36-/m0/s1. The number of nitrogens with one attached hydrogen (secondary N) is 3. The van der Waals surface area contributed by atoms with Crippen molar-refractivity contribution >= 4 is 46.0 Å². The van der Waals surface area contributed by atoms with Crippen molar-refractivity contribution in [3.05, 3.63) is 60.2 Å². The Kier molecular flexibility index (Phi) is 21.1. The van der Waals surface area contributed by atoms with Crippen molar-refractivity contribution in [3.63, 3.8) is 0 Å². The third-order valence-corrected chi connectivity index (χ3v) is 8.96. The molecule has 8 N–H and O–H groups in total. The highest BCUT2D eigenvalue weighted by molar-refractivity contribution is 5.99. The van der Waals surface area contributed by atoms with Gasteiger partial charge in [-0.1, -0.05) is 62.4 Å². The number of rotatable bonds is 28. The van der Waals surface area contributed by atoms with Crippen LogP contribution in [0.25, 0.3) is 16.3 Å². The summed E-state index contributed by atoms with van der Waals surface area (Å²) in [7, 11) is 0. The number of allylic oxidation sites excluding steroid dienone is 3. The number of fused-ring (bicyclic) bond motifs is 1. The summed E-state index contributed by atoms with van der Waals surface area (Å²) in [4.78, 5) is 53.3. The molecule has 314 valence electrons. The maximum absolute atomic E-state index is 13.0. The minimum Gasteiger partial charge on any atom is -0.491 e. The summed E-state index contributed by atoms with van der Waals surface area (Å²) in [6.07, 6.45) is 7.27. The van der Waals surface area contributed by atoms with Gasteiger partial charge in [0.05, 0.1) is 59.2 Å². The molecule has 0 heterocycles. The van der Waals surface area contributed by atoms with E-state index in [2.05, 4.69) is 33.9 Å². The summed E-state index contributed by atoms with van der Waals surface area (Å²) in [6, 6.07) is 10.2. The molecule has 3 rings (SSSR count). The van der Waals surface area contributed by atoms with E-state index in [0.29, 0.717) is 59.3 Å². The molecule has 2 aromatic rings. The van der Waals surface area contributed by atoms with Crippen molar-refractivity contribution < 1.29 is 48.0 Å². The third-order valence-electron chi connectivity index (χ3n) is 8.96. The predicted molar refractivity (Wildman–Crippen MR) is 217 cm³/mol. The molecule has 2 aromatic carbocycles. The molecule has 57 heavy (non-hydrogen) atoms. The van der Waals surface area contributed by atoms with Gasteiger partial charge < -0.3 is 56.2 Å². The molecule has 0 bridgehead atoms. The number of ether oxygens (including phenoxy) is 5. The smallest absolute Gasteiger partial charge is 0.305 e. The lowest BCUT2D eigenvalue weighted by molar-refractivity contribution is -0.138. The van der Waals surface area contributed by atoms with Crippen molar-refractivity contribution in [2.75, 3.05) is 72.6 Å². The van der Waals surface area contributed by atoms with Crippen LogP contribution in [0.1, 0.15) is 52.0 Å². The number of nitrogens with two attached hydrogens (primary N) is 2. The highest BCUT2D eigenvalue weighted by Gasteiger charge is 2.30. The quantitative estimate of drug-likeness (QED) is 0.0414. The Morgan fingerprint density at radius 1 is 0.860 bits per heavy atom. The zero-order valence-corrected chi connectivity index (χ0v) is 33.3. The predicted octanol–water partition coefficient (Wildman–Crippen LogP) is 2.53. The summed E-state index contributed by atoms with van der Waals surface area (Å²) in [6.45, 7) is 9.75. The average molecular weight is 797 g/mol. The SMILES string of the molecule is CCCOCCOCCOCCOCCOc1ccc(C2=CC(C)C([C@H](CC(=O)O)NC(=O)CNC(=O)[C@H](CCCN=C(N)N)NC(C)=O)C=C2)c2ccccc12. The van der Waals surface area contributed by atoms with E-state index >= 15 is 0 Å². The first-order chi connectivity index (χ1) is 27.5. The van der Waals surface area contributed by atoms with Crippen LogP contribution in [0.3, 0.4) is 0 Å². The maximum Gasteiger partial charge on any atom is 0.305 e. The molecular weight excluding hydrogens is 736 g/mol. The van der Waals surface area contributed by atoms with Crippen LogP contribution in [-0.2, 0) is 38.1 Å². The Morgan fingerprint density at radius 2 is 1.49 bits per heavy atom. The largest absolute Gasteiger partial charge is 0.491 e. The van der Waals surface area contributed by atoms with E-state index in [1.807, 2.05) is 55.5 Å². The second-order valence-electron chi connectivity index (χ2n) is 13.6. The Hall–Kier alpha value is -5.03. The van der Waals surface area contributed by atoms with Gasteiger partial charge in [0.15, 0.2) is 5.96 Å². The molecule has 0 radical (unpaired) electrons. The van der Waals surface area contributed by atoms with E-state index in [1.165, 1.54) is 6.92 Å². The second-order valence-corrected chi connectivity index (χ2v) is 13.6. The topological polar surface area (TPSA) is 235 Å². The number of hydrogen-bond acceptors (Lipinski definition) is 10. The molecule has 4 atom stereocenters. The van der Waals surface area contributed by atoms with Crippen LogP contribution in [0, 0.1) is 11.8 Å². The molecule has 2 unspecified atom stereocenters. The molecule has 0 aromatic heterocycles. The summed E-state index contributed by atoms with van der Waals surface area (Å²) < 4.78 is 28.2. The van der Waals surface area contributed by atoms with Crippen molar-refractivity contribution in [1.29, 1.82) is 0 Å². The summed E-state index contributed by atoms with van der Waals surface area (Å²) in [5.41, 5.74) is 12.6. The van der Waals surface area contributed by atoms with Gasteiger partial charge in [-0.3, -0.25) is 24.2 Å². The number of nitrogens with zero attached hydrogens (tertiary/aromatic N) is 1. The number of guanidine groups is 1. The summed E-state index contributed by atoms with van der Waals surface area (Å²) >= 11 is 0. The number of benzene rings is 2. The monoisotopic (exact) mass is 796 g/mol. The zero-order chi connectivity index (χ0) is 41.4. The molecule has 1 aliphatic carbocycles. The van der Waals surface area contributed by atoms with Gasteiger partial charge in [0, 0.05) is 37.4 Å². The van der Waals surface area contributed by atoms with E-state index < -0.39 is 42.3 Å². The Labute approximate surface area is 334 Å². The Balaban J connectivity index is 1.53. The summed E-state index contributed by atoms with van der Waals surface area (Å²) in [5.74, 6) is -2.43. The lowest BCUT2D eigenvalue weighted by Crippen LogP contribution is -2.51. The molecule has 0 saturated carbocycles. The van der Waals surface area contributed by atoms with Crippen molar-refractivity contribution in [1.82, 2.24) is 16.0 Å². The van der Waals surface area contributed by atoms with Crippen LogP contribution in [0.5, 0.6) is 5.75 Å². The highest BCUT2D eigenvalue weighted by Crippen LogP contribution is 2.37. The van der Waals surface area contributed by atoms with Gasteiger partial charge in [-0.05, 0) is 47.8 Å². The highest BCUT2D eigenvalue weighted by atomic mass is 16.6. The normalized spacial score (nSPS) is 15.9. The first kappa shape index (κ1) is 46.4. The molecule has 0 saturated heterocycles. The van der Waals surface area contributed by atoms with E-state index in [9.17, 15) is 24.3 Å². The Morgan fingerprint density at radius 3 is 2.09 bits per heavy atom. The van der Waals surface area contributed by atoms with Crippen LogP contribution in [0.15, 0.2) is 59.6 Å².